The molecule has 0 radical (unpaired) electrons. The fraction of sp³-hybridized carbons (Fsp3) is 0.304. The van der Waals surface area contributed by atoms with Crippen LogP contribution < -0.4 is 15.7 Å². The number of hydrogen-bond acceptors (Lipinski definition) is 8. The van der Waals surface area contributed by atoms with Gasteiger partial charge in [0.25, 0.3) is 0 Å². The van der Waals surface area contributed by atoms with Crippen LogP contribution in [0.1, 0.15) is 65.5 Å². The number of nitrogens with one attached hydrogen (secondary N) is 3. The summed E-state index contributed by atoms with van der Waals surface area (Å²) in [5, 5.41) is 12.6. The van der Waals surface area contributed by atoms with Crippen molar-refractivity contribution in [3.8, 4) is 0 Å². The van der Waals surface area contributed by atoms with E-state index >= 15 is 0 Å². The monoisotopic (exact) mass is 815 g/mol. The van der Waals surface area contributed by atoms with Crippen molar-refractivity contribution in [3.05, 3.63) is 166 Å². The molecule has 5 aromatic carbocycles. The number of benzene rings is 5. The number of likely N-dealkylation sites (tertiary alicyclic amines) is 1. The van der Waals surface area contributed by atoms with Crippen molar-refractivity contribution in [1.29, 1.82) is 0 Å². The lowest BCUT2D eigenvalue weighted by molar-refractivity contribution is -0.253. The Hall–Kier alpha value is -5.41. The number of ether oxygens (including phenoxy) is 2. The number of imidazole rings is 1. The number of aliphatic hydroxyl groups excluding tert-OH is 1. The maximum Gasteiger partial charge on any atom is 0.326 e. The van der Waals surface area contributed by atoms with Crippen molar-refractivity contribution in [2.24, 2.45) is 0 Å². The molecule has 2 aliphatic rings. The van der Waals surface area contributed by atoms with Gasteiger partial charge in [-0.15, -0.1) is 0 Å². The second kappa shape index (κ2) is 17.8. The molecule has 4 N–H and O–H groups in total. The van der Waals surface area contributed by atoms with Crippen LogP contribution in [0, 0.1) is 6.92 Å². The van der Waals surface area contributed by atoms with E-state index in [1.165, 1.54) is 12.1 Å². The fourth-order valence-electron chi connectivity index (χ4n) is 8.12. The Balaban J connectivity index is 0.991. The van der Waals surface area contributed by atoms with Crippen LogP contribution in [0.4, 0.5) is 5.69 Å². The lowest BCUT2D eigenvalue weighted by Gasteiger charge is -2.40. The van der Waals surface area contributed by atoms with Crippen LogP contribution in [0.25, 0.3) is 11.0 Å². The third kappa shape index (κ3) is 9.57. The molecule has 8 rings (SSSR count). The molecule has 3 heterocycles. The summed E-state index contributed by atoms with van der Waals surface area (Å²) in [5.41, 5.74) is 6.35. The highest BCUT2D eigenvalue weighted by Gasteiger charge is 2.35. The number of anilines is 1. The molecule has 2 saturated heterocycles. The molecule has 1 aromatic heterocycles. The smallest absolute Gasteiger partial charge is 0.326 e. The molecular weight excluding hydrogens is 767 g/mol. The molecule has 306 valence electrons. The lowest BCUT2D eigenvalue weighted by atomic mass is 9.98. The number of carbonyl (C=O) groups is 1. The van der Waals surface area contributed by atoms with Crippen LogP contribution in [0.3, 0.4) is 0 Å². The molecule has 0 bridgehead atoms. The normalized spacial score (nSPS) is 19.7. The van der Waals surface area contributed by atoms with Gasteiger partial charge in [0, 0.05) is 43.3 Å². The minimum absolute atomic E-state index is 0.0566. The molecule has 13 heteroatoms. The average Bonchev–Trinajstić information content (AvgIpc) is 3.59. The van der Waals surface area contributed by atoms with Crippen molar-refractivity contribution in [2.45, 2.75) is 74.7 Å². The number of H-pyrrole nitrogens is 1. The van der Waals surface area contributed by atoms with Gasteiger partial charge in [-0.25, -0.2) is 13.2 Å². The van der Waals surface area contributed by atoms with Crippen molar-refractivity contribution in [1.82, 2.24) is 19.2 Å². The summed E-state index contributed by atoms with van der Waals surface area (Å²) in [6.45, 7) is 4.09. The number of fused-ring (bicyclic) bond motifs is 1. The largest absolute Gasteiger partial charge is 0.392 e. The van der Waals surface area contributed by atoms with Gasteiger partial charge in [0.2, 0.25) is 15.9 Å². The quantitative estimate of drug-likeness (QED) is 0.103. The molecule has 0 saturated carbocycles. The minimum atomic E-state index is -4.03. The highest BCUT2D eigenvalue weighted by atomic mass is 32.2. The zero-order valence-corrected chi connectivity index (χ0v) is 33.7. The predicted octanol–water partition coefficient (Wildman–Crippen LogP) is 6.54. The first-order chi connectivity index (χ1) is 28.6. The Morgan fingerprint density at radius 1 is 0.847 bits per heavy atom. The number of sulfonamides is 1. The number of rotatable bonds is 13. The van der Waals surface area contributed by atoms with Gasteiger partial charge in [-0.05, 0) is 79.3 Å². The Kier molecular flexibility index (Phi) is 12.2. The van der Waals surface area contributed by atoms with Crippen molar-refractivity contribution < 1.29 is 27.8 Å². The number of hydrogen-bond donors (Lipinski definition) is 4. The summed E-state index contributed by atoms with van der Waals surface area (Å²) < 4.78 is 44.9. The summed E-state index contributed by atoms with van der Waals surface area (Å²) in [6.07, 6.45) is 1.13. The van der Waals surface area contributed by atoms with Gasteiger partial charge in [0.05, 0.1) is 34.7 Å². The molecule has 0 spiro atoms. The first-order valence-corrected chi connectivity index (χ1v) is 21.6. The minimum Gasteiger partial charge on any atom is -0.392 e. The lowest BCUT2D eigenvalue weighted by Crippen LogP contribution is -2.45. The van der Waals surface area contributed by atoms with E-state index in [1.54, 1.807) is 24.3 Å². The zero-order valence-electron chi connectivity index (χ0n) is 32.9. The van der Waals surface area contributed by atoms with E-state index in [4.69, 9.17) is 9.47 Å². The molecule has 59 heavy (non-hydrogen) atoms. The van der Waals surface area contributed by atoms with Crippen LogP contribution in [-0.4, -0.2) is 65.7 Å². The highest BCUT2D eigenvalue weighted by molar-refractivity contribution is 7.89. The third-order valence-corrected chi connectivity index (χ3v) is 12.8. The van der Waals surface area contributed by atoms with Gasteiger partial charge in [-0.3, -0.25) is 9.36 Å². The standard InChI is InChI=1S/C46H49N5O7S/c1-31-14-20-39(21-15-31)59(55,56)49-41(26-32-8-3-2-4-9-32)44(53)47-36-11-7-10-35(27-36)45-57-38(28-43(58-45)34-18-16-33(30-52)17-19-34)29-50-24-22-37(23-25-50)51-42-13-6-5-12-40(42)48-46(51)54/h2-21,27,37-38,41,43,45,49,52H,22-26,28-30H2,1H3,(H,47,53)(H,48,54)/t38-,41-,43+,45+/m1/s1. The summed E-state index contributed by atoms with van der Waals surface area (Å²) in [4.78, 5) is 32.3. The number of aromatic amines is 1. The molecule has 0 unspecified atom stereocenters. The molecule has 2 fully saturated rings. The maximum atomic E-state index is 14.0. The Morgan fingerprint density at radius 3 is 2.32 bits per heavy atom. The average molecular weight is 816 g/mol. The van der Waals surface area contributed by atoms with E-state index in [0.717, 1.165) is 59.2 Å². The zero-order chi connectivity index (χ0) is 40.9. The third-order valence-electron chi connectivity index (χ3n) is 11.3. The summed E-state index contributed by atoms with van der Waals surface area (Å²) in [6, 6.07) is 37.6. The van der Waals surface area contributed by atoms with Crippen LogP contribution in [-0.2, 0) is 37.3 Å². The van der Waals surface area contributed by atoms with Crippen molar-refractivity contribution in [3.63, 3.8) is 0 Å². The number of nitrogens with zero attached hydrogens (tertiary/aromatic N) is 2. The van der Waals surface area contributed by atoms with E-state index in [1.807, 2.05) is 102 Å². The second-order valence-electron chi connectivity index (χ2n) is 15.5. The first-order valence-electron chi connectivity index (χ1n) is 20.1. The van der Waals surface area contributed by atoms with E-state index in [0.29, 0.717) is 24.2 Å². The van der Waals surface area contributed by atoms with Crippen LogP contribution >= 0.6 is 0 Å². The van der Waals surface area contributed by atoms with Gasteiger partial charge >= 0.3 is 5.69 Å². The number of amides is 1. The fourth-order valence-corrected chi connectivity index (χ4v) is 9.32. The van der Waals surface area contributed by atoms with Gasteiger partial charge in [-0.2, -0.15) is 4.72 Å². The van der Waals surface area contributed by atoms with Crippen LogP contribution in [0.15, 0.2) is 137 Å². The summed E-state index contributed by atoms with van der Waals surface area (Å²) >= 11 is 0. The number of carbonyl (C=O) groups excluding carboxylic acids is 1. The Bertz CT molecular complexity index is 2530. The summed E-state index contributed by atoms with van der Waals surface area (Å²) in [5.74, 6) is -0.509. The van der Waals surface area contributed by atoms with Gasteiger partial charge in [-0.1, -0.05) is 96.6 Å². The first kappa shape index (κ1) is 40.4. The number of aromatic nitrogens is 2. The van der Waals surface area contributed by atoms with E-state index in [9.17, 15) is 23.1 Å². The highest BCUT2D eigenvalue weighted by Crippen LogP contribution is 2.39. The molecule has 2 aliphatic heterocycles. The van der Waals surface area contributed by atoms with Gasteiger partial charge in [0.15, 0.2) is 6.29 Å². The SMILES string of the molecule is Cc1ccc(S(=O)(=O)N[C@H](Cc2ccccc2)C(=O)Nc2cccc([C@H]3O[C@@H](CN4CCC(n5c(=O)[nH]c6ccccc65)CC4)C[C@@H](c4ccc(CO)cc4)O3)c2)cc1. The number of aryl methyl sites for hydroxylation is 1. The molecule has 12 nitrogen and oxygen atoms in total. The molecular formula is C46H49N5O7S. The number of piperidine rings is 1. The van der Waals surface area contributed by atoms with Gasteiger partial charge < -0.3 is 29.8 Å². The number of aliphatic hydroxyl groups is 1. The molecule has 1 amide bonds. The maximum absolute atomic E-state index is 14.0. The Labute approximate surface area is 343 Å². The van der Waals surface area contributed by atoms with E-state index in [2.05, 4.69) is 19.9 Å². The van der Waals surface area contributed by atoms with Gasteiger partial charge in [0.1, 0.15) is 6.04 Å². The molecule has 4 atom stereocenters. The number of para-hydroxylation sites is 2. The Morgan fingerprint density at radius 2 is 1.58 bits per heavy atom. The van der Waals surface area contributed by atoms with Crippen LogP contribution in [0.5, 0.6) is 0 Å². The topological polar surface area (TPSA) is 155 Å². The van der Waals surface area contributed by atoms with Crippen molar-refractivity contribution >= 4 is 32.7 Å². The molecule has 0 aliphatic carbocycles. The van der Waals surface area contributed by atoms with Crippen molar-refractivity contribution in [2.75, 3.05) is 25.0 Å². The van der Waals surface area contributed by atoms with E-state index in [-0.39, 0.29) is 41.9 Å². The summed E-state index contributed by atoms with van der Waals surface area (Å²) in [7, 11) is -4.03. The van der Waals surface area contributed by atoms with Crippen LogP contribution in [0.2, 0.25) is 0 Å². The van der Waals surface area contributed by atoms with E-state index < -0.39 is 28.3 Å². The predicted molar refractivity (Wildman–Crippen MR) is 226 cm³/mol. The second-order valence-corrected chi connectivity index (χ2v) is 17.2. The molecule has 6 aromatic rings.